The lowest BCUT2D eigenvalue weighted by Crippen LogP contribution is -2.40. The highest BCUT2D eigenvalue weighted by molar-refractivity contribution is 7.12. The Morgan fingerprint density at radius 1 is 1.30 bits per heavy atom. The third-order valence-corrected chi connectivity index (χ3v) is 7.02. The van der Waals surface area contributed by atoms with Crippen LogP contribution in [0.5, 0.6) is 0 Å². The summed E-state index contributed by atoms with van der Waals surface area (Å²) in [7, 11) is 0. The molecule has 2 N–H and O–H groups in total. The van der Waals surface area contributed by atoms with E-state index < -0.39 is 0 Å². The van der Waals surface area contributed by atoms with Crippen LogP contribution in [-0.2, 0) is 12.0 Å². The van der Waals surface area contributed by atoms with Crippen LogP contribution in [0.4, 0.5) is 0 Å². The van der Waals surface area contributed by atoms with Crippen LogP contribution in [0.1, 0.15) is 80.8 Å². The third kappa shape index (κ3) is 2.55. The summed E-state index contributed by atoms with van der Waals surface area (Å²) >= 11 is 1.92. The SMILES string of the molecule is CCC1CCC(N)(c2nc3c(s2)C(C)CC(C)C3)CC1. The Bertz CT molecular complexity index is 471. The number of hydrogen-bond acceptors (Lipinski definition) is 3. The number of rotatable bonds is 2. The van der Waals surface area contributed by atoms with Gasteiger partial charge in [-0.25, -0.2) is 4.98 Å². The Morgan fingerprint density at radius 3 is 2.65 bits per heavy atom. The van der Waals surface area contributed by atoms with Gasteiger partial charge in [-0.15, -0.1) is 11.3 Å². The van der Waals surface area contributed by atoms with Crippen LogP contribution < -0.4 is 5.73 Å². The van der Waals surface area contributed by atoms with E-state index in [9.17, 15) is 0 Å². The molecule has 2 unspecified atom stereocenters. The molecule has 0 aromatic carbocycles. The van der Waals surface area contributed by atoms with Crippen molar-refractivity contribution in [2.75, 3.05) is 0 Å². The van der Waals surface area contributed by atoms with Gasteiger partial charge in [0.25, 0.3) is 0 Å². The first-order valence-corrected chi connectivity index (χ1v) is 9.12. The third-order valence-electron chi connectivity index (χ3n) is 5.47. The molecule has 2 aliphatic carbocycles. The first kappa shape index (κ1) is 14.5. The molecule has 1 heterocycles. The number of nitrogens with zero attached hydrogens (tertiary/aromatic N) is 1. The Morgan fingerprint density at radius 2 is 2.00 bits per heavy atom. The minimum absolute atomic E-state index is 0.128. The maximum absolute atomic E-state index is 6.74. The highest BCUT2D eigenvalue weighted by Gasteiger charge is 2.37. The van der Waals surface area contributed by atoms with E-state index in [1.807, 2.05) is 11.3 Å². The standard InChI is InChI=1S/C17H28N2S/c1-4-13-5-7-17(18,8-6-13)16-19-14-10-11(2)9-12(3)15(14)20-16/h11-13H,4-10,18H2,1-3H3. The van der Waals surface area contributed by atoms with Gasteiger partial charge in [-0.3, -0.25) is 0 Å². The van der Waals surface area contributed by atoms with E-state index in [4.69, 9.17) is 10.7 Å². The second-order valence-corrected chi connectivity index (χ2v) is 8.31. The summed E-state index contributed by atoms with van der Waals surface area (Å²) in [6.45, 7) is 7.01. The molecule has 2 aliphatic rings. The zero-order valence-corrected chi connectivity index (χ0v) is 13.9. The van der Waals surface area contributed by atoms with Crippen molar-refractivity contribution in [1.29, 1.82) is 0 Å². The molecule has 2 nitrogen and oxygen atoms in total. The lowest BCUT2D eigenvalue weighted by Gasteiger charge is -2.35. The van der Waals surface area contributed by atoms with Crippen LogP contribution >= 0.6 is 11.3 Å². The quantitative estimate of drug-likeness (QED) is 0.866. The van der Waals surface area contributed by atoms with Gasteiger partial charge in [0.2, 0.25) is 0 Å². The highest BCUT2D eigenvalue weighted by Crippen LogP contribution is 2.44. The van der Waals surface area contributed by atoms with Crippen molar-refractivity contribution in [3.8, 4) is 0 Å². The topological polar surface area (TPSA) is 38.9 Å². The van der Waals surface area contributed by atoms with E-state index in [2.05, 4.69) is 20.8 Å². The Balaban J connectivity index is 1.83. The van der Waals surface area contributed by atoms with Crippen LogP contribution in [0.3, 0.4) is 0 Å². The number of aromatic nitrogens is 1. The number of nitrogens with two attached hydrogens (primary N) is 1. The first-order chi connectivity index (χ1) is 9.51. The number of thiazole rings is 1. The second kappa shape index (κ2) is 5.42. The zero-order valence-electron chi connectivity index (χ0n) is 13.1. The lowest BCUT2D eigenvalue weighted by atomic mass is 9.76. The Kier molecular flexibility index (Phi) is 3.93. The molecule has 20 heavy (non-hydrogen) atoms. The summed E-state index contributed by atoms with van der Waals surface area (Å²) < 4.78 is 0. The molecule has 0 amide bonds. The summed E-state index contributed by atoms with van der Waals surface area (Å²) in [5.41, 5.74) is 7.97. The van der Waals surface area contributed by atoms with Crippen LogP contribution in [0.2, 0.25) is 0 Å². The number of fused-ring (bicyclic) bond motifs is 1. The van der Waals surface area contributed by atoms with Gasteiger partial charge in [-0.2, -0.15) is 0 Å². The monoisotopic (exact) mass is 292 g/mol. The molecular weight excluding hydrogens is 264 g/mol. The average Bonchev–Trinajstić information content (AvgIpc) is 2.84. The molecule has 0 aliphatic heterocycles. The second-order valence-electron chi connectivity index (χ2n) is 7.28. The van der Waals surface area contributed by atoms with Gasteiger partial charge >= 0.3 is 0 Å². The molecule has 0 saturated heterocycles. The van der Waals surface area contributed by atoms with E-state index in [1.54, 1.807) is 0 Å². The Hall–Kier alpha value is -0.410. The minimum Gasteiger partial charge on any atom is -0.319 e. The van der Waals surface area contributed by atoms with Crippen molar-refractivity contribution in [2.24, 2.45) is 17.6 Å². The predicted molar refractivity (Wildman–Crippen MR) is 86.1 cm³/mol. The maximum Gasteiger partial charge on any atom is 0.113 e. The smallest absolute Gasteiger partial charge is 0.113 e. The molecule has 1 fully saturated rings. The molecular formula is C17H28N2S. The fourth-order valence-electron chi connectivity index (χ4n) is 4.05. The van der Waals surface area contributed by atoms with Crippen LogP contribution in [0.25, 0.3) is 0 Å². The van der Waals surface area contributed by atoms with E-state index in [-0.39, 0.29) is 5.54 Å². The summed E-state index contributed by atoms with van der Waals surface area (Å²) in [6, 6.07) is 0. The van der Waals surface area contributed by atoms with Gasteiger partial charge in [0.15, 0.2) is 0 Å². The van der Waals surface area contributed by atoms with Gasteiger partial charge in [0.05, 0.1) is 11.2 Å². The Labute approximate surface area is 127 Å². The maximum atomic E-state index is 6.74. The van der Waals surface area contributed by atoms with Gasteiger partial charge in [-0.1, -0.05) is 27.2 Å². The summed E-state index contributed by atoms with van der Waals surface area (Å²) in [5, 5.41) is 1.23. The van der Waals surface area contributed by atoms with Crippen molar-refractivity contribution in [3.63, 3.8) is 0 Å². The van der Waals surface area contributed by atoms with E-state index in [0.29, 0.717) is 5.92 Å². The summed E-state index contributed by atoms with van der Waals surface area (Å²) in [6.07, 6.45) is 8.59. The molecule has 1 aromatic rings. The van der Waals surface area contributed by atoms with Crippen LogP contribution in [0.15, 0.2) is 0 Å². The predicted octanol–water partition coefficient (Wildman–Crippen LogP) is 4.58. The fourth-order valence-corrected chi connectivity index (χ4v) is 5.36. The number of hydrogen-bond donors (Lipinski definition) is 1. The fraction of sp³-hybridized carbons (Fsp3) is 0.824. The average molecular weight is 292 g/mol. The highest BCUT2D eigenvalue weighted by atomic mass is 32.1. The molecule has 1 saturated carbocycles. The molecule has 0 bridgehead atoms. The molecule has 3 rings (SSSR count). The van der Waals surface area contributed by atoms with Crippen molar-refractivity contribution >= 4 is 11.3 Å². The summed E-state index contributed by atoms with van der Waals surface area (Å²) in [4.78, 5) is 6.52. The zero-order chi connectivity index (χ0) is 14.3. The molecule has 112 valence electrons. The van der Waals surface area contributed by atoms with Crippen molar-refractivity contribution in [3.05, 3.63) is 15.6 Å². The van der Waals surface area contributed by atoms with Crippen LogP contribution in [0, 0.1) is 11.8 Å². The molecule has 1 aromatic heterocycles. The van der Waals surface area contributed by atoms with Crippen molar-refractivity contribution in [1.82, 2.24) is 4.98 Å². The largest absolute Gasteiger partial charge is 0.319 e. The van der Waals surface area contributed by atoms with E-state index >= 15 is 0 Å². The molecule has 3 heteroatoms. The van der Waals surface area contributed by atoms with Crippen molar-refractivity contribution < 1.29 is 0 Å². The van der Waals surface area contributed by atoms with Crippen LogP contribution in [-0.4, -0.2) is 4.98 Å². The lowest BCUT2D eigenvalue weighted by molar-refractivity contribution is 0.231. The normalized spacial score (nSPS) is 37.7. The van der Waals surface area contributed by atoms with Gasteiger partial charge in [0, 0.05) is 4.88 Å². The van der Waals surface area contributed by atoms with Gasteiger partial charge < -0.3 is 5.73 Å². The minimum atomic E-state index is -0.128. The van der Waals surface area contributed by atoms with Gasteiger partial charge in [0.1, 0.15) is 5.01 Å². The summed E-state index contributed by atoms with van der Waals surface area (Å²) in [5.74, 6) is 2.34. The molecule has 0 spiro atoms. The first-order valence-electron chi connectivity index (χ1n) is 8.30. The van der Waals surface area contributed by atoms with Gasteiger partial charge in [-0.05, 0) is 56.3 Å². The van der Waals surface area contributed by atoms with E-state index in [0.717, 1.165) is 31.1 Å². The van der Waals surface area contributed by atoms with Crippen molar-refractivity contribution in [2.45, 2.75) is 77.2 Å². The molecule has 0 radical (unpaired) electrons. The van der Waals surface area contributed by atoms with E-state index in [1.165, 1.54) is 41.3 Å². The molecule has 2 atom stereocenters.